The van der Waals surface area contributed by atoms with Gasteiger partial charge >= 0.3 is 0 Å². The first-order valence-electron chi connectivity index (χ1n) is 5.73. The Morgan fingerprint density at radius 1 is 1.11 bits per heavy atom. The van der Waals surface area contributed by atoms with Crippen molar-refractivity contribution in [3.8, 4) is 17.4 Å². The van der Waals surface area contributed by atoms with Crippen LogP contribution in [0.4, 0.5) is 0 Å². The van der Waals surface area contributed by atoms with E-state index >= 15 is 0 Å². The first kappa shape index (κ1) is 12.4. The van der Waals surface area contributed by atoms with Crippen LogP contribution in [0.3, 0.4) is 0 Å². The topological polar surface area (TPSA) is 57.4 Å². The molecule has 1 heterocycles. The van der Waals surface area contributed by atoms with Crippen molar-refractivity contribution in [3.63, 3.8) is 0 Å². The number of nitrogens with two attached hydrogens (primary N) is 1. The summed E-state index contributed by atoms with van der Waals surface area (Å²) < 4.78 is 10.8. The van der Waals surface area contributed by atoms with Crippen LogP contribution in [-0.2, 0) is 0 Å². The lowest BCUT2D eigenvalue weighted by Gasteiger charge is -2.12. The standard InChI is InChI=1S/C14H16N2O2/c1-10(15)13-4-3-9-16-14(13)18-12-7-5-11(17-2)6-8-12/h3-10H,15H2,1-2H3/t10-/m1/s1. The number of hydrogen-bond acceptors (Lipinski definition) is 4. The van der Waals surface area contributed by atoms with Gasteiger partial charge in [-0.15, -0.1) is 0 Å². The van der Waals surface area contributed by atoms with Crippen LogP contribution in [0, 0.1) is 0 Å². The van der Waals surface area contributed by atoms with E-state index in [0.717, 1.165) is 11.3 Å². The Kier molecular flexibility index (Phi) is 3.79. The van der Waals surface area contributed by atoms with Crippen molar-refractivity contribution < 1.29 is 9.47 Å². The zero-order chi connectivity index (χ0) is 13.0. The molecule has 18 heavy (non-hydrogen) atoms. The quantitative estimate of drug-likeness (QED) is 0.898. The number of rotatable bonds is 4. The lowest BCUT2D eigenvalue weighted by Crippen LogP contribution is -2.07. The number of methoxy groups -OCH3 is 1. The molecule has 0 spiro atoms. The average molecular weight is 244 g/mol. The molecule has 1 aromatic heterocycles. The smallest absolute Gasteiger partial charge is 0.223 e. The van der Waals surface area contributed by atoms with Gasteiger partial charge in [-0.1, -0.05) is 6.07 Å². The minimum Gasteiger partial charge on any atom is -0.497 e. The largest absolute Gasteiger partial charge is 0.497 e. The Balaban J connectivity index is 2.22. The minimum absolute atomic E-state index is 0.119. The van der Waals surface area contributed by atoms with Gasteiger partial charge in [-0.25, -0.2) is 4.98 Å². The third-order valence-electron chi connectivity index (χ3n) is 2.57. The van der Waals surface area contributed by atoms with Gasteiger partial charge in [-0.3, -0.25) is 0 Å². The highest BCUT2D eigenvalue weighted by atomic mass is 16.5. The molecule has 0 aliphatic heterocycles. The number of ether oxygens (including phenoxy) is 2. The minimum atomic E-state index is -0.119. The fraction of sp³-hybridized carbons (Fsp3) is 0.214. The van der Waals surface area contributed by atoms with Crippen LogP contribution < -0.4 is 15.2 Å². The van der Waals surface area contributed by atoms with Crippen LogP contribution in [0.5, 0.6) is 17.4 Å². The van der Waals surface area contributed by atoms with Gasteiger partial charge in [0.15, 0.2) is 0 Å². The molecule has 0 aliphatic rings. The molecule has 0 aliphatic carbocycles. The number of aromatic nitrogens is 1. The maximum Gasteiger partial charge on any atom is 0.223 e. The van der Waals surface area contributed by atoms with Gasteiger partial charge < -0.3 is 15.2 Å². The summed E-state index contributed by atoms with van der Waals surface area (Å²) in [6.45, 7) is 1.90. The highest BCUT2D eigenvalue weighted by molar-refractivity contribution is 5.36. The molecule has 0 fully saturated rings. The fourth-order valence-corrected chi connectivity index (χ4v) is 1.59. The summed E-state index contributed by atoms with van der Waals surface area (Å²) in [6.07, 6.45) is 1.69. The number of hydrogen-bond donors (Lipinski definition) is 1. The molecule has 94 valence electrons. The van der Waals surface area contributed by atoms with E-state index < -0.39 is 0 Å². The van der Waals surface area contributed by atoms with Crippen molar-refractivity contribution in [1.82, 2.24) is 4.98 Å². The number of pyridine rings is 1. The van der Waals surface area contributed by atoms with Crippen LogP contribution in [0.25, 0.3) is 0 Å². The first-order chi connectivity index (χ1) is 8.70. The predicted octanol–water partition coefficient (Wildman–Crippen LogP) is 2.90. The lowest BCUT2D eigenvalue weighted by molar-refractivity contribution is 0.411. The average Bonchev–Trinajstić information content (AvgIpc) is 2.40. The monoisotopic (exact) mass is 244 g/mol. The Morgan fingerprint density at radius 2 is 1.78 bits per heavy atom. The molecule has 4 nitrogen and oxygen atoms in total. The van der Waals surface area contributed by atoms with Gasteiger partial charge in [0.1, 0.15) is 11.5 Å². The normalized spacial score (nSPS) is 11.9. The molecular weight excluding hydrogens is 228 g/mol. The summed E-state index contributed by atoms with van der Waals surface area (Å²) in [6, 6.07) is 11.0. The highest BCUT2D eigenvalue weighted by Gasteiger charge is 2.09. The van der Waals surface area contributed by atoms with E-state index in [4.69, 9.17) is 15.2 Å². The van der Waals surface area contributed by atoms with E-state index in [2.05, 4.69) is 4.98 Å². The van der Waals surface area contributed by atoms with Crippen LogP contribution in [0.15, 0.2) is 42.6 Å². The molecule has 2 aromatic rings. The molecule has 0 saturated heterocycles. The Hall–Kier alpha value is -2.07. The third-order valence-corrected chi connectivity index (χ3v) is 2.57. The van der Waals surface area contributed by atoms with Crippen molar-refractivity contribution in [2.45, 2.75) is 13.0 Å². The molecular formula is C14H16N2O2. The first-order valence-corrected chi connectivity index (χ1v) is 5.73. The molecule has 0 radical (unpaired) electrons. The molecule has 0 saturated carbocycles. The van der Waals surface area contributed by atoms with Gasteiger partial charge in [-0.2, -0.15) is 0 Å². The molecule has 1 atom stereocenters. The molecule has 1 aromatic carbocycles. The summed E-state index contributed by atoms with van der Waals surface area (Å²) in [5.41, 5.74) is 6.76. The summed E-state index contributed by atoms with van der Waals surface area (Å²) >= 11 is 0. The van der Waals surface area contributed by atoms with E-state index in [1.54, 1.807) is 13.3 Å². The summed E-state index contributed by atoms with van der Waals surface area (Å²) in [5.74, 6) is 2.03. The lowest BCUT2D eigenvalue weighted by atomic mass is 10.1. The second-order valence-corrected chi connectivity index (χ2v) is 3.96. The van der Waals surface area contributed by atoms with Gasteiger partial charge in [0.2, 0.25) is 5.88 Å². The maximum atomic E-state index is 5.87. The van der Waals surface area contributed by atoms with E-state index in [1.807, 2.05) is 43.3 Å². The van der Waals surface area contributed by atoms with Gasteiger partial charge in [0, 0.05) is 17.8 Å². The second kappa shape index (κ2) is 5.51. The van der Waals surface area contributed by atoms with E-state index in [1.165, 1.54) is 0 Å². The molecule has 0 unspecified atom stereocenters. The molecule has 4 heteroatoms. The Labute approximate surface area is 106 Å². The predicted molar refractivity (Wildman–Crippen MR) is 69.9 cm³/mol. The Bertz CT molecular complexity index is 509. The molecule has 2 N–H and O–H groups in total. The van der Waals surface area contributed by atoms with Crippen molar-refractivity contribution >= 4 is 0 Å². The maximum absolute atomic E-state index is 5.87. The van der Waals surface area contributed by atoms with Crippen LogP contribution in [0.2, 0.25) is 0 Å². The molecule has 0 amide bonds. The van der Waals surface area contributed by atoms with E-state index in [-0.39, 0.29) is 6.04 Å². The van der Waals surface area contributed by atoms with Crippen molar-refractivity contribution in [1.29, 1.82) is 0 Å². The van der Waals surface area contributed by atoms with Crippen LogP contribution in [0.1, 0.15) is 18.5 Å². The zero-order valence-corrected chi connectivity index (χ0v) is 10.5. The van der Waals surface area contributed by atoms with Crippen molar-refractivity contribution in [2.75, 3.05) is 7.11 Å². The molecule has 0 bridgehead atoms. The van der Waals surface area contributed by atoms with Crippen molar-refractivity contribution in [3.05, 3.63) is 48.2 Å². The van der Waals surface area contributed by atoms with Gasteiger partial charge in [0.25, 0.3) is 0 Å². The van der Waals surface area contributed by atoms with Crippen LogP contribution >= 0.6 is 0 Å². The molecule has 2 rings (SSSR count). The Morgan fingerprint density at radius 3 is 2.39 bits per heavy atom. The van der Waals surface area contributed by atoms with E-state index in [0.29, 0.717) is 11.6 Å². The summed E-state index contributed by atoms with van der Waals surface area (Å²) in [7, 11) is 1.63. The van der Waals surface area contributed by atoms with E-state index in [9.17, 15) is 0 Å². The number of benzene rings is 1. The van der Waals surface area contributed by atoms with Gasteiger partial charge in [-0.05, 0) is 37.3 Å². The van der Waals surface area contributed by atoms with Crippen LogP contribution in [-0.4, -0.2) is 12.1 Å². The summed E-state index contributed by atoms with van der Waals surface area (Å²) in [4.78, 5) is 4.20. The third kappa shape index (κ3) is 2.78. The SMILES string of the molecule is COc1ccc(Oc2ncccc2[C@@H](C)N)cc1. The van der Waals surface area contributed by atoms with Crippen molar-refractivity contribution in [2.24, 2.45) is 5.73 Å². The second-order valence-electron chi connectivity index (χ2n) is 3.96. The summed E-state index contributed by atoms with van der Waals surface area (Å²) in [5, 5.41) is 0. The number of nitrogens with zero attached hydrogens (tertiary/aromatic N) is 1. The highest BCUT2D eigenvalue weighted by Crippen LogP contribution is 2.27. The zero-order valence-electron chi connectivity index (χ0n) is 10.5. The van der Waals surface area contributed by atoms with Gasteiger partial charge in [0.05, 0.1) is 7.11 Å². The fourth-order valence-electron chi connectivity index (χ4n) is 1.59.